The molecule has 0 bridgehead atoms. The average Bonchev–Trinajstić information content (AvgIpc) is 3.76. The summed E-state index contributed by atoms with van der Waals surface area (Å²) in [6.45, 7) is 6.76. The normalized spacial score (nSPS) is 21.2. The first-order chi connectivity index (χ1) is 22.7. The zero-order valence-electron chi connectivity index (χ0n) is 27.2. The number of hydrogen-bond donors (Lipinski definition) is 0. The maximum absolute atomic E-state index is 6.57. The van der Waals surface area contributed by atoms with Crippen LogP contribution >= 0.6 is 11.3 Å². The van der Waals surface area contributed by atoms with E-state index >= 15 is 0 Å². The zero-order chi connectivity index (χ0) is 31.1. The molecule has 7 rings (SSSR count). The van der Waals surface area contributed by atoms with E-state index in [0.29, 0.717) is 0 Å². The molecule has 0 amide bonds. The molecule has 4 aromatic rings. The first kappa shape index (κ1) is 32.2. The first-order valence-electron chi connectivity index (χ1n) is 17.4. The molecule has 5 nitrogen and oxygen atoms in total. The Bertz CT molecular complexity index is 1540. The van der Waals surface area contributed by atoms with Gasteiger partial charge in [-0.15, -0.1) is 0 Å². The van der Waals surface area contributed by atoms with Crippen molar-refractivity contribution >= 4 is 21.4 Å². The van der Waals surface area contributed by atoms with Crippen LogP contribution in [0.3, 0.4) is 0 Å². The van der Waals surface area contributed by atoms with Crippen LogP contribution in [0, 0.1) is 0 Å². The molecule has 0 N–H and O–H groups in total. The fraction of sp³-hybridized carbons (Fsp3) is 0.487. The fourth-order valence-electron chi connectivity index (χ4n) is 7.47. The maximum atomic E-state index is 6.57. The van der Waals surface area contributed by atoms with E-state index in [1.165, 1.54) is 116 Å². The molecule has 2 saturated heterocycles. The molecule has 2 atom stereocenters. The van der Waals surface area contributed by atoms with Crippen LogP contribution in [0.15, 0.2) is 66.7 Å². The van der Waals surface area contributed by atoms with Crippen LogP contribution in [0.1, 0.15) is 68.9 Å². The Morgan fingerprint density at radius 2 is 1.48 bits per heavy atom. The van der Waals surface area contributed by atoms with Gasteiger partial charge in [0.1, 0.15) is 6.61 Å². The Morgan fingerprint density at radius 3 is 2.26 bits per heavy atom. The molecule has 46 heavy (non-hydrogen) atoms. The van der Waals surface area contributed by atoms with Gasteiger partial charge in [-0.25, -0.2) is 0 Å². The minimum atomic E-state index is -0.333. The summed E-state index contributed by atoms with van der Waals surface area (Å²) in [4.78, 5) is 6.61. The summed E-state index contributed by atoms with van der Waals surface area (Å²) < 4.78 is 20.3. The summed E-state index contributed by atoms with van der Waals surface area (Å²) in [6.07, 6.45) is 13.1. The van der Waals surface area contributed by atoms with Crippen molar-refractivity contribution < 1.29 is 34.2 Å². The SMILES string of the molecule is COc1ccc2c(Cc3ccc(O[I-]C4CCCCC4N4CCCCC4)cc3)c(-c3ccc(OCCN4CCCC4)cc3)sc2c1. The van der Waals surface area contributed by atoms with Crippen LogP contribution < -0.4 is 34.2 Å². The van der Waals surface area contributed by atoms with Crippen molar-refractivity contribution in [1.82, 2.24) is 9.80 Å². The third kappa shape index (κ3) is 7.86. The number of hydrogen-bond acceptors (Lipinski definition) is 6. The number of fused-ring (bicyclic) bond motifs is 1. The van der Waals surface area contributed by atoms with Crippen molar-refractivity contribution in [3.05, 3.63) is 77.9 Å². The Kier molecular flexibility index (Phi) is 11.0. The number of halogens is 1. The molecule has 246 valence electrons. The van der Waals surface area contributed by atoms with Crippen LogP contribution in [0.25, 0.3) is 20.5 Å². The van der Waals surface area contributed by atoms with E-state index in [2.05, 4.69) is 76.5 Å². The summed E-state index contributed by atoms with van der Waals surface area (Å²) in [7, 11) is 1.74. The molecule has 2 unspecified atom stereocenters. The molecule has 1 aromatic heterocycles. The molecule has 2 aliphatic heterocycles. The fourth-order valence-corrected chi connectivity index (χ4v) is 11.5. The molecule has 0 radical (unpaired) electrons. The van der Waals surface area contributed by atoms with Gasteiger partial charge in [0.25, 0.3) is 0 Å². The van der Waals surface area contributed by atoms with Crippen molar-refractivity contribution in [1.29, 1.82) is 0 Å². The quantitative estimate of drug-likeness (QED) is 0.135. The standard InChI is InChI=1S/C39H48IN2O3S/c1-43-33-19-20-34-35(39(46-38(34)28-33)30-13-17-31(18-14-30)44-26-25-41-21-7-8-22-41)27-29-11-15-32(16-12-29)45-40-36-9-3-4-10-37(36)42-23-5-2-6-24-42/h11-20,28,36-37H,2-10,21-27H2,1H3/q-1. The molecule has 3 aliphatic rings. The summed E-state index contributed by atoms with van der Waals surface area (Å²) >= 11 is 1.52. The molecule has 3 fully saturated rings. The number of benzene rings is 3. The van der Waals surface area contributed by atoms with Gasteiger partial charge in [-0.1, -0.05) is 0 Å². The summed E-state index contributed by atoms with van der Waals surface area (Å²) in [5.74, 6) is 2.89. The monoisotopic (exact) mass is 751 g/mol. The second-order valence-corrected chi connectivity index (χ2v) is 16.7. The van der Waals surface area contributed by atoms with Crippen molar-refractivity contribution in [3.63, 3.8) is 0 Å². The number of thiophene rings is 1. The first-order valence-corrected chi connectivity index (χ1v) is 20.4. The summed E-state index contributed by atoms with van der Waals surface area (Å²) in [5.41, 5.74) is 3.92. The zero-order valence-corrected chi connectivity index (χ0v) is 30.2. The van der Waals surface area contributed by atoms with E-state index in [9.17, 15) is 0 Å². The van der Waals surface area contributed by atoms with E-state index in [1.807, 2.05) is 11.3 Å². The van der Waals surface area contributed by atoms with Gasteiger partial charge in [0, 0.05) is 6.54 Å². The van der Waals surface area contributed by atoms with Gasteiger partial charge in [0.05, 0.1) is 7.11 Å². The Balaban J connectivity index is 1.04. The van der Waals surface area contributed by atoms with Gasteiger partial charge in [-0.2, -0.15) is 0 Å². The second-order valence-electron chi connectivity index (χ2n) is 13.1. The number of ether oxygens (including phenoxy) is 2. The van der Waals surface area contributed by atoms with Crippen LogP contribution in [0.4, 0.5) is 0 Å². The predicted molar refractivity (Wildman–Crippen MR) is 186 cm³/mol. The van der Waals surface area contributed by atoms with Gasteiger partial charge >= 0.3 is 236 Å². The topological polar surface area (TPSA) is 34.2 Å². The summed E-state index contributed by atoms with van der Waals surface area (Å²) in [5, 5.41) is 1.30. The molecule has 0 spiro atoms. The molecule has 1 saturated carbocycles. The Morgan fingerprint density at radius 1 is 0.761 bits per heavy atom. The molecule has 3 heterocycles. The molecular weight excluding hydrogens is 703 g/mol. The van der Waals surface area contributed by atoms with Gasteiger partial charge in [-0.3, -0.25) is 4.90 Å². The van der Waals surface area contributed by atoms with Crippen molar-refractivity contribution in [2.45, 2.75) is 74.2 Å². The Labute approximate surface area is 290 Å². The van der Waals surface area contributed by atoms with Crippen LogP contribution in [0.5, 0.6) is 17.2 Å². The van der Waals surface area contributed by atoms with E-state index in [1.54, 1.807) is 7.11 Å². The number of methoxy groups -OCH3 is 1. The van der Waals surface area contributed by atoms with E-state index < -0.39 is 0 Å². The van der Waals surface area contributed by atoms with Crippen LogP contribution in [-0.2, 0) is 6.42 Å². The molecular formula is C39H48IN2O3S-. The third-order valence-corrected chi connectivity index (χ3v) is 14.2. The van der Waals surface area contributed by atoms with Crippen LogP contribution in [-0.4, -0.2) is 66.2 Å². The molecule has 3 aromatic carbocycles. The van der Waals surface area contributed by atoms with E-state index in [4.69, 9.17) is 12.5 Å². The van der Waals surface area contributed by atoms with Crippen molar-refractivity contribution in [2.75, 3.05) is 46.4 Å². The van der Waals surface area contributed by atoms with Gasteiger partial charge in [-0.05, 0) is 25.9 Å². The van der Waals surface area contributed by atoms with E-state index in [0.717, 1.165) is 46.8 Å². The number of likely N-dealkylation sites (tertiary alicyclic amines) is 2. The van der Waals surface area contributed by atoms with Crippen molar-refractivity contribution in [3.8, 4) is 27.7 Å². The van der Waals surface area contributed by atoms with Crippen LogP contribution in [0.2, 0.25) is 0 Å². The summed E-state index contributed by atoms with van der Waals surface area (Å²) in [6, 6.07) is 24.9. The number of piperidine rings is 1. The van der Waals surface area contributed by atoms with Gasteiger partial charge in [0.15, 0.2) is 0 Å². The minimum absolute atomic E-state index is 0.333. The van der Waals surface area contributed by atoms with E-state index in [-0.39, 0.29) is 21.6 Å². The predicted octanol–water partition coefficient (Wildman–Crippen LogP) is 5.82. The molecule has 7 heteroatoms. The number of nitrogens with zero attached hydrogens (tertiary/aromatic N) is 2. The number of alkyl halides is 1. The van der Waals surface area contributed by atoms with Gasteiger partial charge < -0.3 is 4.74 Å². The molecule has 1 aliphatic carbocycles. The van der Waals surface area contributed by atoms with Gasteiger partial charge in [0.2, 0.25) is 0 Å². The second kappa shape index (κ2) is 15.7. The average molecular weight is 752 g/mol. The third-order valence-electron chi connectivity index (χ3n) is 10.1. The Hall–Kier alpha value is -2.33. The number of rotatable bonds is 12. The van der Waals surface area contributed by atoms with Crippen molar-refractivity contribution in [2.24, 2.45) is 0 Å².